The number of nitrogens with zero attached hydrogens (tertiary/aromatic N) is 2. The highest BCUT2D eigenvalue weighted by molar-refractivity contribution is 7.91. The van der Waals surface area contributed by atoms with Crippen LogP contribution >= 0.6 is 0 Å². The molecule has 1 atom stereocenters. The third-order valence-electron chi connectivity index (χ3n) is 5.76. The maximum absolute atomic E-state index is 13.4. The number of sulfone groups is 1. The first-order valence-corrected chi connectivity index (χ1v) is 12.2. The summed E-state index contributed by atoms with van der Waals surface area (Å²) in [5.74, 6) is -0.496. The second-order valence-electron chi connectivity index (χ2n) is 8.01. The molecule has 1 amide bonds. The van der Waals surface area contributed by atoms with E-state index in [1.165, 1.54) is 24.3 Å². The van der Waals surface area contributed by atoms with Gasteiger partial charge in [-0.2, -0.15) is 0 Å². The van der Waals surface area contributed by atoms with E-state index in [4.69, 9.17) is 0 Å². The Labute approximate surface area is 199 Å². The second-order valence-corrected chi connectivity index (χ2v) is 9.91. The Morgan fingerprint density at radius 1 is 1.20 bits per heavy atom. The summed E-state index contributed by atoms with van der Waals surface area (Å²) < 4.78 is 69.2. The second kappa shape index (κ2) is 9.34. The van der Waals surface area contributed by atoms with Crippen molar-refractivity contribution in [1.29, 1.82) is 0 Å². The zero-order valence-electron chi connectivity index (χ0n) is 18.5. The number of aromatic nitrogens is 1. The number of alkyl halides is 3. The maximum Gasteiger partial charge on any atom is 0.573 e. The molecule has 1 aliphatic heterocycles. The number of hydrogen-bond acceptors (Lipinski definition) is 6. The minimum absolute atomic E-state index is 0.0216. The molecule has 0 saturated carbocycles. The summed E-state index contributed by atoms with van der Waals surface area (Å²) in [4.78, 5) is 16.9. The van der Waals surface area contributed by atoms with E-state index in [1.54, 1.807) is 12.1 Å². The van der Waals surface area contributed by atoms with E-state index in [2.05, 4.69) is 15.0 Å². The standard InChI is InChI=1S/C23H22F3N3O5S/c1-2-14-3-6-16(7-4-14)35(32,33)21-12-18(20-13-29(22(30)31)10-9-27-20)17-11-15(34-23(24,25)26)5-8-19(17)28-21/h3-8,11-12,20,27H,2,9-10,13H2,1H3,(H,30,31). The molecule has 186 valence electrons. The molecule has 12 heteroatoms. The number of carboxylic acid groups (broad SMARTS) is 1. The van der Waals surface area contributed by atoms with Gasteiger partial charge >= 0.3 is 12.5 Å². The summed E-state index contributed by atoms with van der Waals surface area (Å²) in [6, 6.07) is 10.4. The summed E-state index contributed by atoms with van der Waals surface area (Å²) >= 11 is 0. The fourth-order valence-electron chi connectivity index (χ4n) is 3.99. The van der Waals surface area contributed by atoms with E-state index in [1.807, 2.05) is 6.92 Å². The quantitative estimate of drug-likeness (QED) is 0.532. The van der Waals surface area contributed by atoms with Gasteiger partial charge in [-0.15, -0.1) is 13.2 Å². The Hall–Kier alpha value is -3.38. The van der Waals surface area contributed by atoms with Gasteiger partial charge in [-0.3, -0.25) is 0 Å². The predicted octanol–water partition coefficient (Wildman–Crippen LogP) is 4.15. The Bertz CT molecular complexity index is 1360. The van der Waals surface area contributed by atoms with Gasteiger partial charge in [0.25, 0.3) is 0 Å². The number of halogens is 3. The molecule has 0 spiro atoms. The van der Waals surface area contributed by atoms with Crippen molar-refractivity contribution in [3.63, 3.8) is 0 Å². The molecule has 2 aromatic carbocycles. The molecule has 1 unspecified atom stereocenters. The molecule has 3 aromatic rings. The van der Waals surface area contributed by atoms with Crippen LogP contribution in [0.5, 0.6) is 5.75 Å². The van der Waals surface area contributed by atoms with Crippen molar-refractivity contribution < 1.29 is 36.2 Å². The molecule has 1 saturated heterocycles. The predicted molar refractivity (Wildman–Crippen MR) is 120 cm³/mol. The smallest absolute Gasteiger partial charge is 0.465 e. The summed E-state index contributed by atoms with van der Waals surface area (Å²) in [6.45, 7) is 2.41. The number of aryl methyl sites for hydroxylation is 1. The van der Waals surface area contributed by atoms with Crippen molar-refractivity contribution in [2.24, 2.45) is 0 Å². The van der Waals surface area contributed by atoms with E-state index >= 15 is 0 Å². The van der Waals surface area contributed by atoms with Crippen LogP contribution in [-0.4, -0.2) is 55.5 Å². The average molecular weight is 510 g/mol. The van der Waals surface area contributed by atoms with Crippen molar-refractivity contribution in [1.82, 2.24) is 15.2 Å². The molecular weight excluding hydrogens is 487 g/mol. The Morgan fingerprint density at radius 2 is 1.91 bits per heavy atom. The Kier molecular flexibility index (Phi) is 6.60. The van der Waals surface area contributed by atoms with Gasteiger partial charge in [0.15, 0.2) is 5.03 Å². The third kappa shape index (κ3) is 5.33. The van der Waals surface area contributed by atoms with Crippen LogP contribution in [0.1, 0.15) is 24.1 Å². The Morgan fingerprint density at radius 3 is 2.54 bits per heavy atom. The number of fused-ring (bicyclic) bond motifs is 1. The number of ether oxygens (including phenoxy) is 1. The van der Waals surface area contributed by atoms with Crippen molar-refractivity contribution in [3.8, 4) is 5.75 Å². The molecule has 2 heterocycles. The summed E-state index contributed by atoms with van der Waals surface area (Å²) in [7, 11) is -4.07. The Balaban J connectivity index is 1.86. The van der Waals surface area contributed by atoms with E-state index in [-0.39, 0.29) is 40.5 Å². The lowest BCUT2D eigenvalue weighted by Crippen LogP contribution is -2.47. The SMILES string of the molecule is CCc1ccc(S(=O)(=O)c2cc(C3CN(C(=O)O)CCN3)c3cc(OC(F)(F)F)ccc3n2)cc1. The molecular formula is C23H22F3N3O5S. The van der Waals surface area contributed by atoms with Crippen molar-refractivity contribution >= 4 is 26.8 Å². The van der Waals surface area contributed by atoms with Crippen LogP contribution in [0.4, 0.5) is 18.0 Å². The maximum atomic E-state index is 13.4. The van der Waals surface area contributed by atoms with Crippen molar-refractivity contribution in [3.05, 3.63) is 59.7 Å². The van der Waals surface area contributed by atoms with Crippen molar-refractivity contribution in [2.45, 2.75) is 35.7 Å². The zero-order chi connectivity index (χ0) is 25.4. The van der Waals surface area contributed by atoms with Crippen LogP contribution in [0.15, 0.2) is 58.5 Å². The van der Waals surface area contributed by atoms with Gasteiger partial charge in [0.2, 0.25) is 9.84 Å². The number of piperazine rings is 1. The lowest BCUT2D eigenvalue weighted by atomic mass is 10.00. The minimum Gasteiger partial charge on any atom is -0.465 e. The van der Waals surface area contributed by atoms with Crippen molar-refractivity contribution in [2.75, 3.05) is 19.6 Å². The number of carbonyl (C=O) groups is 1. The van der Waals surface area contributed by atoms with Crippen LogP contribution in [-0.2, 0) is 16.3 Å². The summed E-state index contributed by atoms with van der Waals surface area (Å²) in [5.41, 5.74) is 1.39. The first kappa shape index (κ1) is 24.7. The van der Waals surface area contributed by atoms with Crippen LogP contribution in [0.25, 0.3) is 10.9 Å². The fourth-order valence-corrected chi connectivity index (χ4v) is 5.22. The van der Waals surface area contributed by atoms with Crippen LogP contribution in [0, 0.1) is 0 Å². The highest BCUT2D eigenvalue weighted by atomic mass is 32.2. The van der Waals surface area contributed by atoms with Crippen LogP contribution in [0.2, 0.25) is 0 Å². The number of nitrogens with one attached hydrogen (secondary N) is 1. The number of amides is 1. The first-order chi connectivity index (χ1) is 16.5. The molecule has 1 aromatic heterocycles. The molecule has 0 bridgehead atoms. The summed E-state index contributed by atoms with van der Waals surface area (Å²) in [6.07, 6.45) is -5.34. The molecule has 4 rings (SSSR count). The van der Waals surface area contributed by atoms with Gasteiger partial charge in [0, 0.05) is 25.0 Å². The van der Waals surface area contributed by atoms with Gasteiger partial charge < -0.3 is 20.1 Å². The zero-order valence-corrected chi connectivity index (χ0v) is 19.4. The number of hydrogen-bond donors (Lipinski definition) is 2. The highest BCUT2D eigenvalue weighted by Crippen LogP contribution is 2.33. The molecule has 35 heavy (non-hydrogen) atoms. The lowest BCUT2D eigenvalue weighted by molar-refractivity contribution is -0.274. The molecule has 8 nitrogen and oxygen atoms in total. The topological polar surface area (TPSA) is 109 Å². The molecule has 0 aliphatic carbocycles. The molecule has 1 fully saturated rings. The van der Waals surface area contributed by atoms with Gasteiger partial charge in [-0.1, -0.05) is 19.1 Å². The molecule has 0 radical (unpaired) electrons. The third-order valence-corrected chi connectivity index (χ3v) is 7.41. The average Bonchev–Trinajstić information content (AvgIpc) is 2.82. The highest BCUT2D eigenvalue weighted by Gasteiger charge is 2.32. The van der Waals surface area contributed by atoms with Crippen LogP contribution < -0.4 is 10.1 Å². The number of pyridine rings is 1. The number of benzene rings is 2. The minimum atomic E-state index is -4.92. The van der Waals surface area contributed by atoms with Gasteiger partial charge in [-0.25, -0.2) is 18.2 Å². The monoisotopic (exact) mass is 509 g/mol. The van der Waals surface area contributed by atoms with Gasteiger partial charge in [0.05, 0.1) is 16.5 Å². The van der Waals surface area contributed by atoms with E-state index in [0.717, 1.165) is 29.0 Å². The van der Waals surface area contributed by atoms with E-state index in [0.29, 0.717) is 5.56 Å². The van der Waals surface area contributed by atoms with Gasteiger partial charge in [-0.05, 0) is 53.9 Å². The molecule has 1 aliphatic rings. The molecule has 2 N–H and O–H groups in total. The normalized spacial score (nSPS) is 16.9. The van der Waals surface area contributed by atoms with Crippen LogP contribution in [0.3, 0.4) is 0 Å². The summed E-state index contributed by atoms with van der Waals surface area (Å²) in [5, 5.41) is 12.5. The van der Waals surface area contributed by atoms with E-state index in [9.17, 15) is 31.5 Å². The lowest BCUT2D eigenvalue weighted by Gasteiger charge is -2.32. The first-order valence-electron chi connectivity index (χ1n) is 10.7. The number of rotatable bonds is 5. The van der Waals surface area contributed by atoms with Gasteiger partial charge in [0.1, 0.15) is 5.75 Å². The fraction of sp³-hybridized carbons (Fsp3) is 0.304. The largest absolute Gasteiger partial charge is 0.573 e. The van der Waals surface area contributed by atoms with E-state index < -0.39 is 34.1 Å².